The number of carboxylic acids is 1. The summed E-state index contributed by atoms with van der Waals surface area (Å²) in [6.45, 7) is 0. The number of carboxylic acid groups (broad SMARTS) is 1. The first-order valence-electron chi connectivity index (χ1n) is 6.19. The van der Waals surface area contributed by atoms with Gasteiger partial charge in [-0.1, -0.05) is 29.3 Å². The van der Waals surface area contributed by atoms with Crippen molar-refractivity contribution in [2.45, 2.75) is 24.4 Å². The Balaban J connectivity index is 2.48. The first kappa shape index (κ1) is 19.9. The topological polar surface area (TPSA) is 66.4 Å². The highest BCUT2D eigenvalue weighted by atomic mass is 35.5. The number of hydrogen-bond donors (Lipinski definition) is 2. The number of aliphatic carboxylic acids is 1. The van der Waals surface area contributed by atoms with Gasteiger partial charge in [0.1, 0.15) is 6.04 Å². The Bertz CT molecular complexity index is 584. The van der Waals surface area contributed by atoms with Gasteiger partial charge in [-0.15, -0.1) is 11.8 Å². The molecule has 0 heterocycles. The summed E-state index contributed by atoms with van der Waals surface area (Å²) >= 11 is 12.8. The molecule has 0 radical (unpaired) electrons. The Morgan fingerprint density at radius 1 is 1.30 bits per heavy atom. The summed E-state index contributed by atoms with van der Waals surface area (Å²) in [5, 5.41) is 11.4. The van der Waals surface area contributed by atoms with Gasteiger partial charge in [0.15, 0.2) is 0 Å². The maximum absolute atomic E-state index is 12.2. The van der Waals surface area contributed by atoms with Gasteiger partial charge in [-0.3, -0.25) is 4.79 Å². The van der Waals surface area contributed by atoms with Crippen molar-refractivity contribution in [1.82, 2.24) is 5.32 Å². The van der Waals surface area contributed by atoms with E-state index in [1.54, 1.807) is 12.1 Å². The lowest BCUT2D eigenvalue weighted by molar-refractivity contribution is -0.159. The maximum Gasteiger partial charge on any atom is 0.391 e. The van der Waals surface area contributed by atoms with Crippen LogP contribution in [0.15, 0.2) is 18.2 Å². The lowest BCUT2D eigenvalue weighted by atomic mass is 10.2. The summed E-state index contributed by atoms with van der Waals surface area (Å²) in [6, 6.07) is 2.82. The Morgan fingerprint density at radius 2 is 1.96 bits per heavy atom. The molecule has 0 spiro atoms. The highest BCUT2D eigenvalue weighted by molar-refractivity contribution is 7.99. The van der Waals surface area contributed by atoms with E-state index in [1.807, 2.05) is 5.32 Å². The van der Waals surface area contributed by atoms with Gasteiger partial charge in [-0.2, -0.15) is 13.2 Å². The number of halogens is 5. The number of amides is 1. The van der Waals surface area contributed by atoms with Gasteiger partial charge in [0.2, 0.25) is 5.91 Å². The van der Waals surface area contributed by atoms with E-state index in [9.17, 15) is 22.8 Å². The zero-order valence-electron chi connectivity index (χ0n) is 11.5. The summed E-state index contributed by atoms with van der Waals surface area (Å²) in [5.74, 6) is -2.39. The molecule has 1 aromatic rings. The molecule has 0 aliphatic rings. The molecule has 128 valence electrons. The van der Waals surface area contributed by atoms with Gasteiger partial charge < -0.3 is 10.4 Å². The van der Waals surface area contributed by atoms with Crippen molar-refractivity contribution in [3.63, 3.8) is 0 Å². The number of carbonyl (C=O) groups excluding carboxylic acids is 1. The third-order valence-corrected chi connectivity index (χ3v) is 4.14. The lowest BCUT2D eigenvalue weighted by Crippen LogP contribution is -2.44. The Labute approximate surface area is 144 Å². The number of alkyl halides is 3. The van der Waals surface area contributed by atoms with Crippen LogP contribution in [0, 0.1) is 0 Å². The van der Waals surface area contributed by atoms with E-state index in [2.05, 4.69) is 0 Å². The largest absolute Gasteiger partial charge is 0.480 e. The van der Waals surface area contributed by atoms with Crippen LogP contribution in [0.1, 0.15) is 12.0 Å². The number of benzene rings is 1. The molecule has 0 aromatic heterocycles. The summed E-state index contributed by atoms with van der Waals surface area (Å²) in [5.41, 5.74) is 0.707. The molecule has 0 aliphatic carbocycles. The summed E-state index contributed by atoms with van der Waals surface area (Å²) in [4.78, 5) is 22.3. The van der Waals surface area contributed by atoms with Crippen molar-refractivity contribution in [1.29, 1.82) is 0 Å². The molecule has 1 unspecified atom stereocenters. The average molecular weight is 390 g/mol. The molecule has 0 aliphatic heterocycles. The molecular formula is C13H12Cl2F3NO3S. The predicted octanol–water partition coefficient (Wildman–Crippen LogP) is 3.75. The maximum atomic E-state index is 12.2. The molecule has 1 atom stereocenters. The highest BCUT2D eigenvalue weighted by Crippen LogP contribution is 2.25. The lowest BCUT2D eigenvalue weighted by Gasteiger charge is -2.16. The van der Waals surface area contributed by atoms with E-state index in [4.69, 9.17) is 28.3 Å². The van der Waals surface area contributed by atoms with Crippen molar-refractivity contribution in [3.05, 3.63) is 33.8 Å². The Kier molecular flexibility index (Phi) is 7.50. The second-order valence-electron chi connectivity index (χ2n) is 4.51. The third kappa shape index (κ3) is 7.81. The second kappa shape index (κ2) is 8.65. The van der Waals surface area contributed by atoms with Crippen molar-refractivity contribution in [3.8, 4) is 0 Å². The van der Waals surface area contributed by atoms with Crippen molar-refractivity contribution >= 4 is 46.8 Å². The molecular weight excluding hydrogens is 378 g/mol. The zero-order valence-corrected chi connectivity index (χ0v) is 13.8. The summed E-state index contributed by atoms with van der Waals surface area (Å²) in [6.07, 6.45) is -6.30. The van der Waals surface area contributed by atoms with Crippen LogP contribution in [-0.2, 0) is 15.3 Å². The molecule has 0 fully saturated rings. The minimum absolute atomic E-state index is 0.194. The van der Waals surface area contributed by atoms with Crippen LogP contribution in [0.25, 0.3) is 0 Å². The predicted molar refractivity (Wildman–Crippen MR) is 82.9 cm³/mol. The number of hydrogen-bond acceptors (Lipinski definition) is 3. The van der Waals surface area contributed by atoms with E-state index in [0.29, 0.717) is 21.4 Å². The van der Waals surface area contributed by atoms with Crippen molar-refractivity contribution in [2.75, 3.05) is 5.75 Å². The van der Waals surface area contributed by atoms with Crippen LogP contribution >= 0.6 is 35.0 Å². The van der Waals surface area contributed by atoms with Gasteiger partial charge in [0.05, 0.1) is 12.2 Å². The van der Waals surface area contributed by atoms with Gasteiger partial charge in [-0.25, -0.2) is 4.79 Å². The molecule has 0 bridgehead atoms. The first-order valence-corrected chi connectivity index (χ1v) is 8.10. The van der Waals surface area contributed by atoms with Crippen LogP contribution in [-0.4, -0.2) is 35.0 Å². The smallest absolute Gasteiger partial charge is 0.391 e. The molecule has 1 amide bonds. The van der Waals surface area contributed by atoms with Crippen molar-refractivity contribution in [2.24, 2.45) is 0 Å². The fraction of sp³-hybridized carbons (Fsp3) is 0.385. The SMILES string of the molecule is O=C(CSCc1ccc(Cl)cc1Cl)NC(CC(F)(F)F)C(=O)O. The van der Waals surface area contributed by atoms with Gasteiger partial charge in [0, 0.05) is 15.8 Å². The Hall–Kier alpha value is -1.12. The van der Waals surface area contributed by atoms with E-state index in [0.717, 1.165) is 11.8 Å². The zero-order chi connectivity index (χ0) is 17.6. The Morgan fingerprint density at radius 3 is 2.48 bits per heavy atom. The molecule has 1 aromatic carbocycles. The van der Waals surface area contributed by atoms with E-state index in [1.165, 1.54) is 6.07 Å². The highest BCUT2D eigenvalue weighted by Gasteiger charge is 2.36. The first-order chi connectivity index (χ1) is 10.6. The molecule has 0 saturated carbocycles. The summed E-state index contributed by atoms with van der Waals surface area (Å²) in [7, 11) is 0. The van der Waals surface area contributed by atoms with E-state index < -0.39 is 30.5 Å². The summed E-state index contributed by atoms with van der Waals surface area (Å²) < 4.78 is 36.7. The van der Waals surface area contributed by atoms with E-state index >= 15 is 0 Å². The average Bonchev–Trinajstić information content (AvgIpc) is 2.39. The molecule has 0 saturated heterocycles. The molecule has 1 rings (SSSR count). The monoisotopic (exact) mass is 389 g/mol. The number of thioether (sulfide) groups is 1. The van der Waals surface area contributed by atoms with Crippen LogP contribution in [0.3, 0.4) is 0 Å². The number of carbonyl (C=O) groups is 2. The van der Waals surface area contributed by atoms with Gasteiger partial charge in [0.25, 0.3) is 0 Å². The van der Waals surface area contributed by atoms with Crippen LogP contribution in [0.5, 0.6) is 0 Å². The minimum atomic E-state index is -4.68. The fourth-order valence-corrected chi connectivity index (χ4v) is 2.96. The number of nitrogens with one attached hydrogen (secondary N) is 1. The van der Waals surface area contributed by atoms with Crippen LogP contribution in [0.2, 0.25) is 10.0 Å². The van der Waals surface area contributed by atoms with Crippen LogP contribution in [0.4, 0.5) is 13.2 Å². The standard InChI is InChI=1S/C13H12Cl2F3NO3S/c14-8-2-1-7(9(15)3-8)5-23-6-11(20)19-10(12(21)22)4-13(16,17)18/h1-3,10H,4-6H2,(H,19,20)(H,21,22). The third-order valence-electron chi connectivity index (χ3n) is 2.57. The minimum Gasteiger partial charge on any atom is -0.480 e. The fourth-order valence-electron chi connectivity index (χ4n) is 1.56. The molecule has 23 heavy (non-hydrogen) atoms. The normalized spacial score (nSPS) is 12.7. The quantitative estimate of drug-likeness (QED) is 0.745. The molecule has 10 heteroatoms. The van der Waals surface area contributed by atoms with Crippen molar-refractivity contribution < 1.29 is 27.9 Å². The van der Waals surface area contributed by atoms with Crippen LogP contribution < -0.4 is 5.32 Å². The van der Waals surface area contributed by atoms with E-state index in [-0.39, 0.29) is 5.75 Å². The second-order valence-corrected chi connectivity index (χ2v) is 6.34. The molecule has 2 N–H and O–H groups in total. The van der Waals surface area contributed by atoms with Gasteiger partial charge in [-0.05, 0) is 17.7 Å². The number of rotatable bonds is 7. The van der Waals surface area contributed by atoms with Gasteiger partial charge >= 0.3 is 12.1 Å². The molecule has 4 nitrogen and oxygen atoms in total.